The lowest BCUT2D eigenvalue weighted by Gasteiger charge is -2.25. The largest absolute Gasteiger partial charge is 0.469 e. The molecule has 3 N–H and O–H groups in total. The zero-order valence-corrected chi connectivity index (χ0v) is 22.8. The lowest BCUT2D eigenvalue weighted by atomic mass is 10.2. The second-order valence-electron chi connectivity index (χ2n) is 8.73. The van der Waals surface area contributed by atoms with Gasteiger partial charge in [-0.1, -0.05) is 18.5 Å². The van der Waals surface area contributed by atoms with Gasteiger partial charge in [0, 0.05) is 23.2 Å². The van der Waals surface area contributed by atoms with Crippen LogP contribution in [0.25, 0.3) is 16.3 Å². The summed E-state index contributed by atoms with van der Waals surface area (Å²) in [6.45, 7) is 2.84. The molecule has 0 radical (unpaired) electrons. The second kappa shape index (κ2) is 12.9. The number of aromatic nitrogens is 2. The van der Waals surface area contributed by atoms with Crippen LogP contribution in [0, 0.1) is 0 Å². The number of hydrogen-bond donors (Lipinski definition) is 3. The number of unbranched alkanes of at least 4 members (excludes halogenated alkanes) is 1. The molecular formula is C23H27N6O11P. The van der Waals surface area contributed by atoms with Crippen LogP contribution in [0.15, 0.2) is 50.9 Å². The van der Waals surface area contributed by atoms with E-state index in [1.165, 1.54) is 25.1 Å². The molecule has 0 amide bonds. The molecule has 0 aliphatic carbocycles. The SMILES string of the molecule is CCCCOC(=O)[C@H](C)NP(=O)(OC[C@H]1OC(n2ccc(=O)[nH]c2=O)=C(N=[N+]=[N-])[C@@H]1O)Oc1ccc2c(c1)OCO2. The maximum absolute atomic E-state index is 13.9. The lowest BCUT2D eigenvalue weighted by molar-refractivity contribution is -0.145. The Bertz CT molecular complexity index is 1530. The molecule has 2 aliphatic heterocycles. The van der Waals surface area contributed by atoms with Gasteiger partial charge >= 0.3 is 19.4 Å². The van der Waals surface area contributed by atoms with Gasteiger partial charge in [-0.2, -0.15) is 5.09 Å². The number of nitrogens with zero attached hydrogens (tertiary/aromatic N) is 4. The Morgan fingerprint density at radius 2 is 2.12 bits per heavy atom. The molecule has 0 saturated carbocycles. The number of aliphatic hydroxyl groups is 1. The van der Waals surface area contributed by atoms with E-state index in [0.29, 0.717) is 17.9 Å². The van der Waals surface area contributed by atoms with Crippen molar-refractivity contribution in [3.63, 3.8) is 0 Å². The third kappa shape index (κ3) is 7.09. The van der Waals surface area contributed by atoms with E-state index in [0.717, 1.165) is 23.3 Å². The summed E-state index contributed by atoms with van der Waals surface area (Å²) in [5.74, 6) is -0.274. The van der Waals surface area contributed by atoms with E-state index in [2.05, 4.69) is 15.1 Å². The molecule has 0 saturated heterocycles. The molecule has 17 nitrogen and oxygen atoms in total. The fraction of sp³-hybridized carbons (Fsp3) is 0.435. The van der Waals surface area contributed by atoms with Gasteiger partial charge in [0.1, 0.15) is 23.6 Å². The van der Waals surface area contributed by atoms with Crippen molar-refractivity contribution >= 4 is 19.6 Å². The molecule has 1 aromatic heterocycles. The van der Waals surface area contributed by atoms with E-state index < -0.39 is 49.8 Å². The van der Waals surface area contributed by atoms with Crippen LogP contribution in [0.4, 0.5) is 0 Å². The Labute approximate surface area is 231 Å². The topological polar surface area (TPSA) is 225 Å². The third-order valence-electron chi connectivity index (χ3n) is 5.74. The minimum Gasteiger partial charge on any atom is -0.469 e. The quantitative estimate of drug-likeness (QED) is 0.0756. The van der Waals surface area contributed by atoms with Crippen molar-refractivity contribution < 1.29 is 42.5 Å². The van der Waals surface area contributed by atoms with Crippen molar-refractivity contribution in [1.82, 2.24) is 14.6 Å². The number of rotatable bonds is 13. The van der Waals surface area contributed by atoms with Crippen LogP contribution in [-0.4, -0.2) is 58.9 Å². The molecule has 1 aromatic carbocycles. The highest BCUT2D eigenvalue weighted by Crippen LogP contribution is 2.48. The molecule has 0 fully saturated rings. The van der Waals surface area contributed by atoms with Gasteiger partial charge in [-0.05, 0) is 31.0 Å². The molecule has 41 heavy (non-hydrogen) atoms. The smallest absolute Gasteiger partial charge is 0.459 e. The van der Waals surface area contributed by atoms with Crippen molar-refractivity contribution in [3.8, 4) is 17.2 Å². The van der Waals surface area contributed by atoms with E-state index in [1.807, 2.05) is 11.9 Å². The normalized spacial score (nSPS) is 19.6. The Hall–Kier alpha value is -4.27. The molecule has 18 heteroatoms. The van der Waals surface area contributed by atoms with Crippen LogP contribution in [0.5, 0.6) is 17.2 Å². The highest BCUT2D eigenvalue weighted by atomic mass is 31.2. The monoisotopic (exact) mass is 594 g/mol. The van der Waals surface area contributed by atoms with E-state index in [9.17, 15) is 24.1 Å². The molecule has 0 bridgehead atoms. The first-order chi connectivity index (χ1) is 19.6. The summed E-state index contributed by atoms with van der Waals surface area (Å²) in [6.07, 6.45) is -0.507. The molecule has 0 spiro atoms. The van der Waals surface area contributed by atoms with Crippen LogP contribution < -0.4 is 30.3 Å². The number of aliphatic hydroxyl groups excluding tert-OH is 1. The highest BCUT2D eigenvalue weighted by Gasteiger charge is 2.40. The van der Waals surface area contributed by atoms with Crippen LogP contribution in [0.2, 0.25) is 0 Å². The van der Waals surface area contributed by atoms with Gasteiger partial charge in [0.15, 0.2) is 17.6 Å². The van der Waals surface area contributed by atoms with Crippen molar-refractivity contribution in [2.24, 2.45) is 5.11 Å². The van der Waals surface area contributed by atoms with Crippen LogP contribution in [-0.2, 0) is 23.4 Å². The molecule has 4 rings (SSSR count). The van der Waals surface area contributed by atoms with Gasteiger partial charge in [-0.25, -0.2) is 13.9 Å². The van der Waals surface area contributed by atoms with Gasteiger partial charge in [-0.15, -0.1) is 0 Å². The number of azide groups is 1. The number of hydrogen-bond acceptors (Lipinski definition) is 12. The maximum atomic E-state index is 13.9. The fourth-order valence-corrected chi connectivity index (χ4v) is 5.16. The Kier molecular flexibility index (Phi) is 9.37. The summed E-state index contributed by atoms with van der Waals surface area (Å²) in [4.78, 5) is 40.8. The number of nitrogens with one attached hydrogen (secondary N) is 2. The number of fused-ring (bicyclic) bond motifs is 1. The summed E-state index contributed by atoms with van der Waals surface area (Å²) < 4.78 is 47.3. The standard InChI is InChI=1S/C23H27N6O11P/c1-3-4-9-35-22(32)13(2)27-41(34,40-14-5-6-15-16(10-14)37-12-36-15)38-11-17-20(31)19(26-28-24)21(39-17)29-8-7-18(30)25-23(29)33/h5-8,10,13,17,20,31H,3-4,9,11-12H2,1-2H3,(H,27,34)(H,25,30,33)/t13-,17+,20+,41?/m0/s1. The predicted molar refractivity (Wildman–Crippen MR) is 140 cm³/mol. The molecule has 2 aromatic rings. The summed E-state index contributed by atoms with van der Waals surface area (Å²) >= 11 is 0. The maximum Gasteiger partial charge on any atom is 0.459 e. The second-order valence-corrected chi connectivity index (χ2v) is 10.4. The number of aromatic amines is 1. The minimum absolute atomic E-state index is 0.00995. The number of ether oxygens (including phenoxy) is 4. The Morgan fingerprint density at radius 1 is 1.34 bits per heavy atom. The van der Waals surface area contributed by atoms with Gasteiger partial charge in [0.25, 0.3) is 5.56 Å². The summed E-state index contributed by atoms with van der Waals surface area (Å²) in [5.41, 5.74) is 6.97. The summed E-state index contributed by atoms with van der Waals surface area (Å²) in [6, 6.07) is 4.25. The first-order valence-corrected chi connectivity index (χ1v) is 13.9. The number of H-pyrrole nitrogens is 1. The Morgan fingerprint density at radius 3 is 2.85 bits per heavy atom. The van der Waals surface area contributed by atoms with Crippen LogP contribution in [0.3, 0.4) is 0 Å². The van der Waals surface area contributed by atoms with Crippen molar-refractivity contribution in [3.05, 3.63) is 67.4 Å². The average molecular weight is 594 g/mol. The predicted octanol–water partition coefficient (Wildman–Crippen LogP) is 1.99. The zero-order valence-electron chi connectivity index (χ0n) is 21.9. The number of benzene rings is 1. The van der Waals surface area contributed by atoms with E-state index >= 15 is 0 Å². The van der Waals surface area contributed by atoms with E-state index in [4.69, 9.17) is 33.5 Å². The molecule has 3 heterocycles. The highest BCUT2D eigenvalue weighted by molar-refractivity contribution is 7.52. The van der Waals surface area contributed by atoms with Crippen molar-refractivity contribution in [2.75, 3.05) is 20.0 Å². The van der Waals surface area contributed by atoms with E-state index in [-0.39, 0.29) is 30.7 Å². The average Bonchev–Trinajstić information content (AvgIpc) is 3.52. The molecule has 2 aliphatic rings. The fourth-order valence-electron chi connectivity index (χ4n) is 3.67. The zero-order chi connectivity index (χ0) is 29.6. The molecular weight excluding hydrogens is 567 g/mol. The van der Waals surface area contributed by atoms with Crippen LogP contribution >= 0.6 is 7.75 Å². The Balaban J connectivity index is 1.54. The molecule has 220 valence electrons. The van der Waals surface area contributed by atoms with Gasteiger partial charge in [-0.3, -0.25) is 19.1 Å². The van der Waals surface area contributed by atoms with Crippen molar-refractivity contribution in [2.45, 2.75) is 44.9 Å². The van der Waals surface area contributed by atoms with E-state index in [1.54, 1.807) is 0 Å². The third-order valence-corrected chi connectivity index (χ3v) is 7.38. The van der Waals surface area contributed by atoms with Gasteiger partial charge < -0.3 is 28.6 Å². The molecule has 1 unspecified atom stereocenters. The van der Waals surface area contributed by atoms with Gasteiger partial charge in [0.05, 0.1) is 13.2 Å². The first kappa shape index (κ1) is 29.7. The molecule has 4 atom stereocenters. The number of carbonyl (C=O) groups excluding carboxylic acids is 1. The summed E-state index contributed by atoms with van der Waals surface area (Å²) in [7, 11) is -4.41. The lowest BCUT2D eigenvalue weighted by Crippen LogP contribution is -2.37. The first-order valence-electron chi connectivity index (χ1n) is 12.4. The van der Waals surface area contributed by atoms with Crippen molar-refractivity contribution in [1.29, 1.82) is 0 Å². The van der Waals surface area contributed by atoms with Crippen LogP contribution in [0.1, 0.15) is 26.7 Å². The summed E-state index contributed by atoms with van der Waals surface area (Å²) in [5, 5.41) is 16.7. The number of esters is 1. The number of carbonyl (C=O) groups is 1. The van der Waals surface area contributed by atoms with Gasteiger partial charge in [0.2, 0.25) is 12.7 Å². The minimum atomic E-state index is -4.41.